The zero-order valence-corrected chi connectivity index (χ0v) is 15.6. The lowest BCUT2D eigenvalue weighted by Crippen LogP contribution is -2.49. The summed E-state index contributed by atoms with van der Waals surface area (Å²) in [4.78, 5) is 28.6. The maximum Gasteiger partial charge on any atom is 0.324 e. The summed E-state index contributed by atoms with van der Waals surface area (Å²) in [7, 11) is 0. The van der Waals surface area contributed by atoms with Crippen molar-refractivity contribution in [2.45, 2.75) is 25.8 Å². The number of rotatable bonds is 5. The number of nitrogens with zero attached hydrogens (tertiary/aromatic N) is 3. The number of urea groups is 1. The Morgan fingerprint density at radius 3 is 2.64 bits per heavy atom. The van der Waals surface area contributed by atoms with Gasteiger partial charge in [0.15, 0.2) is 0 Å². The van der Waals surface area contributed by atoms with E-state index in [1.165, 1.54) is 0 Å². The minimum atomic E-state index is -0.0405. The first-order chi connectivity index (χ1) is 13.6. The fourth-order valence-electron chi connectivity index (χ4n) is 3.41. The Bertz CT molecular complexity index is 928. The van der Waals surface area contributed by atoms with Gasteiger partial charge < -0.3 is 10.2 Å². The molecule has 6 heteroatoms. The Labute approximate surface area is 164 Å². The standard InChI is InChI=1S/C22H22N4O2/c23-14-16-5-7-17(8-6-16)15-25-11-2-12-26(22(25)28)20-4-1-3-19(13-20)24-21(27)18-9-10-18/h1,3-8,13,18H,2,9-12,15H2,(H,24,27). The molecule has 28 heavy (non-hydrogen) atoms. The molecule has 1 N–H and O–H groups in total. The van der Waals surface area contributed by atoms with E-state index in [0.717, 1.165) is 36.2 Å². The highest BCUT2D eigenvalue weighted by molar-refractivity contribution is 5.96. The third-order valence-corrected chi connectivity index (χ3v) is 5.14. The zero-order valence-electron chi connectivity index (χ0n) is 15.6. The molecule has 142 valence electrons. The van der Waals surface area contributed by atoms with Crippen LogP contribution in [0.2, 0.25) is 0 Å². The number of nitriles is 1. The quantitative estimate of drug-likeness (QED) is 0.866. The first-order valence-electron chi connectivity index (χ1n) is 9.60. The van der Waals surface area contributed by atoms with Crippen LogP contribution in [0.25, 0.3) is 0 Å². The second-order valence-electron chi connectivity index (χ2n) is 7.33. The van der Waals surface area contributed by atoms with Gasteiger partial charge in [-0.2, -0.15) is 5.26 Å². The fraction of sp³-hybridized carbons (Fsp3) is 0.318. The number of amides is 3. The molecular formula is C22H22N4O2. The van der Waals surface area contributed by atoms with Gasteiger partial charge in [0.05, 0.1) is 11.6 Å². The van der Waals surface area contributed by atoms with Crippen LogP contribution < -0.4 is 10.2 Å². The smallest absolute Gasteiger partial charge is 0.324 e. The monoisotopic (exact) mass is 374 g/mol. The van der Waals surface area contributed by atoms with E-state index >= 15 is 0 Å². The summed E-state index contributed by atoms with van der Waals surface area (Å²) in [5, 5.41) is 11.9. The van der Waals surface area contributed by atoms with Gasteiger partial charge in [-0.1, -0.05) is 18.2 Å². The molecule has 1 aliphatic heterocycles. The molecule has 0 unspecified atom stereocenters. The molecule has 0 bridgehead atoms. The number of carbonyl (C=O) groups is 2. The highest BCUT2D eigenvalue weighted by Gasteiger charge is 2.30. The van der Waals surface area contributed by atoms with Gasteiger partial charge in [-0.05, 0) is 55.2 Å². The molecule has 2 aliphatic rings. The SMILES string of the molecule is N#Cc1ccc(CN2CCCN(c3cccc(NC(=O)C4CC4)c3)C2=O)cc1. The van der Waals surface area contributed by atoms with Crippen LogP contribution in [0.4, 0.5) is 16.2 Å². The lowest BCUT2D eigenvalue weighted by atomic mass is 10.1. The van der Waals surface area contributed by atoms with E-state index < -0.39 is 0 Å². The minimum absolute atomic E-state index is 0.0405. The summed E-state index contributed by atoms with van der Waals surface area (Å²) in [6.45, 7) is 1.87. The van der Waals surface area contributed by atoms with E-state index in [-0.39, 0.29) is 17.9 Å². The minimum Gasteiger partial charge on any atom is -0.326 e. The van der Waals surface area contributed by atoms with Crippen molar-refractivity contribution in [2.24, 2.45) is 5.92 Å². The number of nitrogens with one attached hydrogen (secondary N) is 1. The maximum absolute atomic E-state index is 13.0. The molecule has 2 fully saturated rings. The molecular weight excluding hydrogens is 352 g/mol. The van der Waals surface area contributed by atoms with Gasteiger partial charge in [-0.25, -0.2) is 4.79 Å². The third-order valence-electron chi connectivity index (χ3n) is 5.14. The summed E-state index contributed by atoms with van der Waals surface area (Å²) in [6.07, 6.45) is 2.79. The van der Waals surface area contributed by atoms with Crippen LogP contribution in [-0.2, 0) is 11.3 Å². The molecule has 0 spiro atoms. The Morgan fingerprint density at radius 2 is 1.93 bits per heavy atom. The summed E-state index contributed by atoms with van der Waals surface area (Å²) in [6, 6.07) is 16.9. The second-order valence-corrected chi connectivity index (χ2v) is 7.33. The molecule has 3 amide bonds. The molecule has 1 saturated heterocycles. The van der Waals surface area contributed by atoms with Crippen molar-refractivity contribution in [3.8, 4) is 6.07 Å². The largest absolute Gasteiger partial charge is 0.326 e. The van der Waals surface area contributed by atoms with Crippen molar-refractivity contribution in [1.82, 2.24) is 4.90 Å². The predicted octanol–water partition coefficient (Wildman–Crippen LogP) is 3.74. The second kappa shape index (κ2) is 7.73. The van der Waals surface area contributed by atoms with Crippen molar-refractivity contribution in [2.75, 3.05) is 23.3 Å². The topological polar surface area (TPSA) is 76.4 Å². The van der Waals surface area contributed by atoms with E-state index in [0.29, 0.717) is 25.2 Å². The third kappa shape index (κ3) is 3.99. The molecule has 1 saturated carbocycles. The van der Waals surface area contributed by atoms with Gasteiger partial charge >= 0.3 is 6.03 Å². The zero-order chi connectivity index (χ0) is 19.5. The van der Waals surface area contributed by atoms with E-state index in [1.54, 1.807) is 17.0 Å². The maximum atomic E-state index is 13.0. The van der Waals surface area contributed by atoms with Gasteiger partial charge in [-0.3, -0.25) is 9.69 Å². The van der Waals surface area contributed by atoms with Crippen LogP contribution in [0.15, 0.2) is 48.5 Å². The average molecular weight is 374 g/mol. The van der Waals surface area contributed by atoms with E-state index in [4.69, 9.17) is 5.26 Å². The van der Waals surface area contributed by atoms with Gasteiger partial charge in [0.1, 0.15) is 0 Å². The summed E-state index contributed by atoms with van der Waals surface area (Å²) in [5.74, 6) is 0.202. The molecule has 0 atom stereocenters. The van der Waals surface area contributed by atoms with Crippen LogP contribution in [0, 0.1) is 17.2 Å². The molecule has 0 radical (unpaired) electrons. The van der Waals surface area contributed by atoms with Crippen molar-refractivity contribution in [3.05, 3.63) is 59.7 Å². The van der Waals surface area contributed by atoms with Crippen LogP contribution in [0.1, 0.15) is 30.4 Å². The van der Waals surface area contributed by atoms with E-state index in [2.05, 4.69) is 11.4 Å². The van der Waals surface area contributed by atoms with E-state index in [1.807, 2.05) is 41.3 Å². The molecule has 6 nitrogen and oxygen atoms in total. The summed E-state index contributed by atoms with van der Waals surface area (Å²) in [5.41, 5.74) is 3.13. The molecule has 2 aromatic rings. The van der Waals surface area contributed by atoms with Gasteiger partial charge in [0, 0.05) is 36.9 Å². The number of hydrogen-bond acceptors (Lipinski definition) is 3. The normalized spacial score (nSPS) is 16.6. The Morgan fingerprint density at radius 1 is 1.14 bits per heavy atom. The number of benzene rings is 2. The van der Waals surface area contributed by atoms with Crippen LogP contribution in [0.3, 0.4) is 0 Å². The van der Waals surface area contributed by atoms with Crippen molar-refractivity contribution in [3.63, 3.8) is 0 Å². The van der Waals surface area contributed by atoms with Crippen molar-refractivity contribution < 1.29 is 9.59 Å². The van der Waals surface area contributed by atoms with Crippen molar-refractivity contribution >= 4 is 23.3 Å². The van der Waals surface area contributed by atoms with Gasteiger partial charge in [0.25, 0.3) is 0 Å². The number of carbonyl (C=O) groups excluding carboxylic acids is 2. The Balaban J connectivity index is 1.46. The van der Waals surface area contributed by atoms with E-state index in [9.17, 15) is 9.59 Å². The Kier molecular flexibility index (Phi) is 4.98. The molecule has 4 rings (SSSR count). The highest BCUT2D eigenvalue weighted by Crippen LogP contribution is 2.31. The molecule has 1 heterocycles. The molecule has 2 aromatic carbocycles. The number of hydrogen-bond donors (Lipinski definition) is 1. The Hall–Kier alpha value is -3.33. The first kappa shape index (κ1) is 18.1. The van der Waals surface area contributed by atoms with Gasteiger partial charge in [0.2, 0.25) is 5.91 Å². The lowest BCUT2D eigenvalue weighted by Gasteiger charge is -2.36. The average Bonchev–Trinajstić information content (AvgIpc) is 3.56. The molecule has 0 aromatic heterocycles. The summed E-state index contributed by atoms with van der Waals surface area (Å²) < 4.78 is 0. The lowest BCUT2D eigenvalue weighted by molar-refractivity contribution is -0.117. The highest BCUT2D eigenvalue weighted by atomic mass is 16.2. The molecule has 1 aliphatic carbocycles. The van der Waals surface area contributed by atoms with Gasteiger partial charge in [-0.15, -0.1) is 0 Å². The summed E-state index contributed by atoms with van der Waals surface area (Å²) >= 11 is 0. The fourth-order valence-corrected chi connectivity index (χ4v) is 3.41. The predicted molar refractivity (Wildman–Crippen MR) is 107 cm³/mol. The van der Waals surface area contributed by atoms with Crippen LogP contribution in [-0.4, -0.2) is 29.9 Å². The first-order valence-corrected chi connectivity index (χ1v) is 9.60. The van der Waals surface area contributed by atoms with Crippen molar-refractivity contribution in [1.29, 1.82) is 5.26 Å². The van der Waals surface area contributed by atoms with Crippen LogP contribution >= 0.6 is 0 Å². The number of anilines is 2. The van der Waals surface area contributed by atoms with Crippen LogP contribution in [0.5, 0.6) is 0 Å².